The van der Waals surface area contributed by atoms with Gasteiger partial charge >= 0.3 is 0 Å². The second kappa shape index (κ2) is 6.04. The lowest BCUT2D eigenvalue weighted by molar-refractivity contribution is -0.120. The Hall–Kier alpha value is -0.540. The molecule has 0 radical (unpaired) electrons. The van der Waals surface area contributed by atoms with Crippen molar-refractivity contribution in [1.82, 2.24) is 5.32 Å². The lowest BCUT2D eigenvalue weighted by atomic mass is 10.1. The van der Waals surface area contributed by atoms with Crippen LogP contribution in [0.15, 0.2) is 24.3 Å². The van der Waals surface area contributed by atoms with Gasteiger partial charge in [0.15, 0.2) is 0 Å². The fourth-order valence-electron chi connectivity index (χ4n) is 1.06. The maximum Gasteiger partial charge on any atom is 0.224 e. The molecule has 0 saturated carbocycles. The molecule has 0 saturated heterocycles. The molecule has 0 aliphatic carbocycles. The van der Waals surface area contributed by atoms with Gasteiger partial charge in [0.25, 0.3) is 0 Å². The van der Waals surface area contributed by atoms with Gasteiger partial charge in [0.1, 0.15) is 0 Å². The first-order valence-electron chi connectivity index (χ1n) is 4.30. The Bertz CT molecular complexity index is 317. The van der Waals surface area contributed by atoms with Crippen molar-refractivity contribution in [3.63, 3.8) is 0 Å². The highest BCUT2D eigenvalue weighted by molar-refractivity contribution is 9.09. The summed E-state index contributed by atoms with van der Waals surface area (Å²) in [6.07, 6.45) is 0.340. The summed E-state index contributed by atoms with van der Waals surface area (Å²) in [5.41, 5.74) is 0.862. The highest BCUT2D eigenvalue weighted by Gasteiger charge is 2.04. The summed E-state index contributed by atoms with van der Waals surface area (Å²) in [7, 11) is 0. The first-order chi connectivity index (χ1) is 6.74. The average molecular weight is 277 g/mol. The van der Waals surface area contributed by atoms with Crippen molar-refractivity contribution in [3.05, 3.63) is 34.9 Å². The van der Waals surface area contributed by atoms with Gasteiger partial charge in [-0.25, -0.2) is 0 Å². The van der Waals surface area contributed by atoms with Crippen LogP contribution < -0.4 is 5.32 Å². The van der Waals surface area contributed by atoms with Crippen LogP contribution in [-0.2, 0) is 11.2 Å². The number of hydrogen-bond acceptors (Lipinski definition) is 1. The van der Waals surface area contributed by atoms with Crippen LogP contribution in [0.5, 0.6) is 0 Å². The predicted molar refractivity (Wildman–Crippen MR) is 62.0 cm³/mol. The molecule has 0 spiro atoms. The number of halogens is 2. The van der Waals surface area contributed by atoms with Gasteiger partial charge in [0.05, 0.1) is 6.42 Å². The molecule has 0 fully saturated rings. The Morgan fingerprint density at radius 2 is 2.14 bits per heavy atom. The molecule has 0 bridgehead atoms. The van der Waals surface area contributed by atoms with Crippen LogP contribution in [0.1, 0.15) is 5.56 Å². The molecule has 0 aliphatic heterocycles. The SMILES string of the molecule is O=C(Cc1ccccc1Cl)NCCBr. The molecule has 2 nitrogen and oxygen atoms in total. The fraction of sp³-hybridized carbons (Fsp3) is 0.300. The van der Waals surface area contributed by atoms with Crippen molar-refractivity contribution < 1.29 is 4.79 Å². The minimum absolute atomic E-state index is 0.00227. The van der Waals surface area contributed by atoms with Gasteiger partial charge in [0.2, 0.25) is 5.91 Å². The van der Waals surface area contributed by atoms with Crippen molar-refractivity contribution in [3.8, 4) is 0 Å². The Morgan fingerprint density at radius 3 is 2.79 bits per heavy atom. The topological polar surface area (TPSA) is 29.1 Å². The first-order valence-corrected chi connectivity index (χ1v) is 5.80. The number of carbonyl (C=O) groups is 1. The molecule has 14 heavy (non-hydrogen) atoms. The van der Waals surface area contributed by atoms with E-state index >= 15 is 0 Å². The van der Waals surface area contributed by atoms with Gasteiger partial charge < -0.3 is 5.32 Å². The van der Waals surface area contributed by atoms with Gasteiger partial charge in [-0.1, -0.05) is 45.7 Å². The van der Waals surface area contributed by atoms with Crippen LogP contribution in [0.25, 0.3) is 0 Å². The van der Waals surface area contributed by atoms with E-state index in [1.54, 1.807) is 6.07 Å². The molecular weight excluding hydrogens is 265 g/mol. The molecule has 0 aromatic heterocycles. The Morgan fingerprint density at radius 1 is 1.43 bits per heavy atom. The molecule has 1 rings (SSSR count). The van der Waals surface area contributed by atoms with Crippen LogP contribution in [0, 0.1) is 0 Å². The third-order valence-electron chi connectivity index (χ3n) is 1.73. The van der Waals surface area contributed by atoms with Crippen molar-refractivity contribution in [2.24, 2.45) is 0 Å². The highest BCUT2D eigenvalue weighted by Crippen LogP contribution is 2.14. The fourth-order valence-corrected chi connectivity index (χ4v) is 1.46. The lowest BCUT2D eigenvalue weighted by Gasteiger charge is -2.04. The normalized spacial score (nSPS) is 9.86. The molecule has 1 aromatic carbocycles. The number of carbonyl (C=O) groups excluding carboxylic acids is 1. The zero-order valence-corrected chi connectivity index (χ0v) is 9.94. The van der Waals surface area contributed by atoms with Gasteiger partial charge in [0, 0.05) is 16.9 Å². The molecule has 1 aromatic rings. The largest absolute Gasteiger partial charge is 0.355 e. The Balaban J connectivity index is 2.52. The van der Waals surface area contributed by atoms with Crippen LogP contribution >= 0.6 is 27.5 Å². The number of hydrogen-bond donors (Lipinski definition) is 1. The number of nitrogens with one attached hydrogen (secondary N) is 1. The summed E-state index contributed by atoms with van der Waals surface area (Å²) < 4.78 is 0. The minimum atomic E-state index is -0.00227. The summed E-state index contributed by atoms with van der Waals surface area (Å²) in [5.74, 6) is -0.00227. The lowest BCUT2D eigenvalue weighted by Crippen LogP contribution is -2.26. The third-order valence-corrected chi connectivity index (χ3v) is 2.49. The van der Waals surface area contributed by atoms with E-state index in [9.17, 15) is 4.79 Å². The van der Waals surface area contributed by atoms with Gasteiger partial charge in [-0.3, -0.25) is 4.79 Å². The molecule has 1 amide bonds. The monoisotopic (exact) mass is 275 g/mol. The summed E-state index contributed by atoms with van der Waals surface area (Å²) in [4.78, 5) is 11.3. The van der Waals surface area contributed by atoms with Crippen molar-refractivity contribution in [1.29, 1.82) is 0 Å². The van der Waals surface area contributed by atoms with E-state index < -0.39 is 0 Å². The van der Waals surface area contributed by atoms with Crippen LogP contribution in [-0.4, -0.2) is 17.8 Å². The zero-order chi connectivity index (χ0) is 10.4. The summed E-state index contributed by atoms with van der Waals surface area (Å²) >= 11 is 9.15. The molecule has 0 atom stereocenters. The van der Waals surface area contributed by atoms with E-state index in [0.29, 0.717) is 18.0 Å². The first kappa shape index (κ1) is 11.5. The van der Waals surface area contributed by atoms with E-state index in [1.807, 2.05) is 18.2 Å². The summed E-state index contributed by atoms with van der Waals surface area (Å²) in [5, 5.41) is 4.17. The number of rotatable bonds is 4. The molecule has 76 valence electrons. The van der Waals surface area contributed by atoms with Crippen LogP contribution in [0.2, 0.25) is 5.02 Å². The smallest absolute Gasteiger partial charge is 0.224 e. The van der Waals surface area contributed by atoms with E-state index in [-0.39, 0.29) is 5.91 Å². The maximum absolute atomic E-state index is 11.3. The molecule has 4 heteroatoms. The standard InChI is InChI=1S/C10H11BrClNO/c11-5-6-13-10(14)7-8-3-1-2-4-9(8)12/h1-4H,5-7H2,(H,13,14). The van der Waals surface area contributed by atoms with Crippen LogP contribution in [0.4, 0.5) is 0 Å². The number of amides is 1. The third kappa shape index (κ3) is 3.68. The molecule has 0 aliphatic rings. The van der Waals surface area contributed by atoms with Gasteiger partial charge in [-0.15, -0.1) is 0 Å². The van der Waals surface area contributed by atoms with Crippen molar-refractivity contribution in [2.75, 3.05) is 11.9 Å². The molecular formula is C10H11BrClNO. The van der Waals surface area contributed by atoms with E-state index in [4.69, 9.17) is 11.6 Å². The second-order valence-corrected chi connectivity index (χ2v) is 4.01. The zero-order valence-electron chi connectivity index (χ0n) is 7.59. The number of alkyl halides is 1. The number of benzene rings is 1. The van der Waals surface area contributed by atoms with E-state index in [2.05, 4.69) is 21.2 Å². The predicted octanol–water partition coefficient (Wildman–Crippen LogP) is 2.39. The van der Waals surface area contributed by atoms with E-state index in [1.165, 1.54) is 0 Å². The highest BCUT2D eigenvalue weighted by atomic mass is 79.9. The minimum Gasteiger partial charge on any atom is -0.355 e. The van der Waals surface area contributed by atoms with E-state index in [0.717, 1.165) is 10.9 Å². The van der Waals surface area contributed by atoms with Crippen LogP contribution in [0.3, 0.4) is 0 Å². The van der Waals surface area contributed by atoms with Crippen molar-refractivity contribution in [2.45, 2.75) is 6.42 Å². The van der Waals surface area contributed by atoms with Crippen molar-refractivity contribution >= 4 is 33.4 Å². The quantitative estimate of drug-likeness (QED) is 0.841. The van der Waals surface area contributed by atoms with Gasteiger partial charge in [-0.2, -0.15) is 0 Å². The second-order valence-electron chi connectivity index (χ2n) is 2.81. The Labute approximate surface area is 96.8 Å². The molecule has 0 unspecified atom stereocenters. The summed E-state index contributed by atoms with van der Waals surface area (Å²) in [6.45, 7) is 0.642. The average Bonchev–Trinajstić information content (AvgIpc) is 2.18. The Kier molecular flexibility index (Phi) is 4.98. The molecule has 0 heterocycles. The summed E-state index contributed by atoms with van der Waals surface area (Å²) in [6, 6.07) is 7.37. The maximum atomic E-state index is 11.3. The molecule has 1 N–H and O–H groups in total. The van der Waals surface area contributed by atoms with Gasteiger partial charge in [-0.05, 0) is 11.6 Å².